The van der Waals surface area contributed by atoms with Crippen LogP contribution in [0, 0.1) is 0 Å². The molecule has 0 saturated carbocycles. The van der Waals surface area contributed by atoms with E-state index < -0.39 is 0 Å². The topological polar surface area (TPSA) is 68.1 Å². The number of fused-ring (bicyclic) bond motifs is 1. The van der Waals surface area contributed by atoms with Crippen LogP contribution < -0.4 is 16.0 Å². The quantitative estimate of drug-likeness (QED) is 0.779. The summed E-state index contributed by atoms with van der Waals surface area (Å²) in [6, 6.07) is 8.77. The Morgan fingerprint density at radius 2 is 2.13 bits per heavy atom. The Bertz CT molecular complexity index is 519. The van der Waals surface area contributed by atoms with Crippen molar-refractivity contribution in [2.24, 2.45) is 5.73 Å². The lowest BCUT2D eigenvalue weighted by Crippen LogP contribution is -2.10. The summed E-state index contributed by atoms with van der Waals surface area (Å²) >= 11 is 0. The Hall–Kier alpha value is -1.81. The van der Waals surface area contributed by atoms with Gasteiger partial charge in [-0.05, 0) is 24.3 Å². The van der Waals surface area contributed by atoms with Gasteiger partial charge >= 0.3 is 0 Å². The zero-order valence-electron chi connectivity index (χ0n) is 8.19. The number of nitrogens with two attached hydrogens (primary N) is 1. The van der Waals surface area contributed by atoms with Crippen LogP contribution >= 0.6 is 0 Å². The van der Waals surface area contributed by atoms with Gasteiger partial charge in [-0.25, -0.2) is 0 Å². The zero-order chi connectivity index (χ0) is 10.7. The summed E-state index contributed by atoms with van der Waals surface area (Å²) in [5.41, 5.74) is 6.05. The van der Waals surface area contributed by atoms with E-state index in [9.17, 15) is 4.79 Å². The molecule has 4 heteroatoms. The highest BCUT2D eigenvalue weighted by Gasteiger charge is 1.97. The lowest BCUT2D eigenvalue weighted by molar-refractivity contribution is 0.329. The van der Waals surface area contributed by atoms with Crippen molar-refractivity contribution in [2.75, 3.05) is 13.2 Å². The second-order valence-electron chi connectivity index (χ2n) is 3.21. The number of aromatic nitrogens is 1. The van der Waals surface area contributed by atoms with E-state index >= 15 is 0 Å². The number of pyridine rings is 1. The predicted molar refractivity (Wildman–Crippen MR) is 59.1 cm³/mol. The molecule has 3 N–H and O–H groups in total. The largest absolute Gasteiger partial charge is 0.492 e. The fraction of sp³-hybridized carbons (Fsp3) is 0.182. The molecule has 0 atom stereocenters. The van der Waals surface area contributed by atoms with Gasteiger partial charge in [-0.2, -0.15) is 0 Å². The molecule has 4 nitrogen and oxygen atoms in total. The summed E-state index contributed by atoms with van der Waals surface area (Å²) in [4.78, 5) is 13.8. The second kappa shape index (κ2) is 4.14. The molecule has 2 aromatic rings. The van der Waals surface area contributed by atoms with Gasteiger partial charge in [0.25, 0.3) is 0 Å². The summed E-state index contributed by atoms with van der Waals surface area (Å²) in [6.07, 6.45) is 0. The van der Waals surface area contributed by atoms with Gasteiger partial charge in [-0.15, -0.1) is 0 Å². The number of rotatable bonds is 3. The second-order valence-corrected chi connectivity index (χ2v) is 3.21. The number of H-pyrrole nitrogens is 1. The average molecular weight is 204 g/mol. The average Bonchev–Trinajstić information content (AvgIpc) is 2.26. The van der Waals surface area contributed by atoms with Gasteiger partial charge in [-0.3, -0.25) is 4.79 Å². The summed E-state index contributed by atoms with van der Waals surface area (Å²) in [5, 5.41) is 0.948. The lowest BCUT2D eigenvalue weighted by atomic mass is 10.2. The first-order valence-electron chi connectivity index (χ1n) is 4.75. The highest BCUT2D eigenvalue weighted by atomic mass is 16.5. The normalized spacial score (nSPS) is 10.5. The van der Waals surface area contributed by atoms with Crippen LogP contribution in [-0.2, 0) is 0 Å². The Morgan fingerprint density at radius 3 is 2.93 bits per heavy atom. The standard InChI is InChI=1S/C11H12N2O2/c12-5-6-15-9-2-3-10-8(7-9)1-4-11(14)13-10/h1-4,7H,5-6,12H2,(H,13,14). The first kappa shape index (κ1) is 9.73. The third kappa shape index (κ3) is 2.16. The Morgan fingerprint density at radius 1 is 1.27 bits per heavy atom. The maximum absolute atomic E-state index is 11.0. The maximum Gasteiger partial charge on any atom is 0.248 e. The molecular formula is C11H12N2O2. The van der Waals surface area contributed by atoms with E-state index in [1.807, 2.05) is 18.2 Å². The minimum Gasteiger partial charge on any atom is -0.492 e. The van der Waals surface area contributed by atoms with Gasteiger partial charge in [0.05, 0.1) is 0 Å². The molecule has 0 aliphatic carbocycles. The highest BCUT2D eigenvalue weighted by Crippen LogP contribution is 2.17. The number of aromatic amines is 1. The van der Waals surface area contributed by atoms with E-state index in [1.165, 1.54) is 6.07 Å². The SMILES string of the molecule is NCCOc1ccc2[nH]c(=O)ccc2c1. The number of ether oxygens (including phenoxy) is 1. The molecule has 0 amide bonds. The number of nitrogens with one attached hydrogen (secondary N) is 1. The van der Waals surface area contributed by atoms with Crippen molar-refractivity contribution >= 4 is 10.9 Å². The van der Waals surface area contributed by atoms with Crippen LogP contribution in [0.25, 0.3) is 10.9 Å². The highest BCUT2D eigenvalue weighted by molar-refractivity contribution is 5.79. The van der Waals surface area contributed by atoms with Crippen LogP contribution in [0.15, 0.2) is 35.1 Å². The van der Waals surface area contributed by atoms with Crippen LogP contribution in [0.4, 0.5) is 0 Å². The van der Waals surface area contributed by atoms with E-state index in [1.54, 1.807) is 6.07 Å². The maximum atomic E-state index is 11.0. The van der Waals surface area contributed by atoms with Crippen molar-refractivity contribution < 1.29 is 4.74 Å². The smallest absolute Gasteiger partial charge is 0.248 e. The fourth-order valence-corrected chi connectivity index (χ4v) is 1.40. The van der Waals surface area contributed by atoms with Crippen molar-refractivity contribution in [1.82, 2.24) is 4.98 Å². The Kier molecular flexibility index (Phi) is 2.69. The molecular weight excluding hydrogens is 192 g/mol. The van der Waals surface area contributed by atoms with Gasteiger partial charge in [0.1, 0.15) is 12.4 Å². The molecule has 0 bridgehead atoms. The Labute approximate surface area is 86.7 Å². The van der Waals surface area contributed by atoms with E-state index in [0.717, 1.165) is 16.7 Å². The molecule has 0 radical (unpaired) electrons. The molecule has 0 unspecified atom stereocenters. The first-order valence-corrected chi connectivity index (χ1v) is 4.75. The first-order chi connectivity index (χ1) is 7.29. The zero-order valence-corrected chi connectivity index (χ0v) is 8.19. The van der Waals surface area contributed by atoms with E-state index in [2.05, 4.69) is 4.98 Å². The van der Waals surface area contributed by atoms with Crippen LogP contribution in [0.5, 0.6) is 5.75 Å². The van der Waals surface area contributed by atoms with E-state index in [-0.39, 0.29) is 5.56 Å². The molecule has 2 rings (SSSR count). The summed E-state index contributed by atoms with van der Waals surface area (Å²) in [6.45, 7) is 0.985. The Balaban J connectivity index is 2.39. The number of benzene rings is 1. The fourth-order valence-electron chi connectivity index (χ4n) is 1.40. The van der Waals surface area contributed by atoms with Crippen LogP contribution in [0.1, 0.15) is 0 Å². The molecule has 1 heterocycles. The van der Waals surface area contributed by atoms with Crippen molar-refractivity contribution in [3.63, 3.8) is 0 Å². The van der Waals surface area contributed by atoms with Crippen molar-refractivity contribution in [3.8, 4) is 5.75 Å². The molecule has 0 spiro atoms. The monoisotopic (exact) mass is 204 g/mol. The molecule has 78 valence electrons. The van der Waals surface area contributed by atoms with Gasteiger partial charge < -0.3 is 15.5 Å². The molecule has 0 aliphatic heterocycles. The van der Waals surface area contributed by atoms with Crippen molar-refractivity contribution in [1.29, 1.82) is 0 Å². The number of hydrogen-bond donors (Lipinski definition) is 2. The van der Waals surface area contributed by atoms with Gasteiger partial charge in [0.15, 0.2) is 0 Å². The minimum atomic E-state index is -0.0990. The lowest BCUT2D eigenvalue weighted by Gasteiger charge is -2.05. The third-order valence-electron chi connectivity index (χ3n) is 2.08. The molecule has 1 aromatic heterocycles. The van der Waals surface area contributed by atoms with Gasteiger partial charge in [0, 0.05) is 23.5 Å². The summed E-state index contributed by atoms with van der Waals surface area (Å²) in [5.74, 6) is 0.764. The van der Waals surface area contributed by atoms with Crippen molar-refractivity contribution in [3.05, 3.63) is 40.7 Å². The third-order valence-corrected chi connectivity index (χ3v) is 2.08. The molecule has 0 fully saturated rings. The van der Waals surface area contributed by atoms with E-state index in [4.69, 9.17) is 10.5 Å². The minimum absolute atomic E-state index is 0.0990. The molecule has 0 saturated heterocycles. The van der Waals surface area contributed by atoms with Crippen LogP contribution in [-0.4, -0.2) is 18.1 Å². The molecule has 1 aromatic carbocycles. The number of hydrogen-bond acceptors (Lipinski definition) is 3. The predicted octanol–water partition coefficient (Wildman–Crippen LogP) is 0.866. The van der Waals surface area contributed by atoms with Gasteiger partial charge in [-0.1, -0.05) is 0 Å². The molecule has 0 aliphatic rings. The van der Waals surface area contributed by atoms with Crippen molar-refractivity contribution in [2.45, 2.75) is 0 Å². The summed E-state index contributed by atoms with van der Waals surface area (Å²) in [7, 11) is 0. The molecule has 15 heavy (non-hydrogen) atoms. The van der Waals surface area contributed by atoms with Gasteiger partial charge in [0.2, 0.25) is 5.56 Å². The van der Waals surface area contributed by atoms with Crippen LogP contribution in [0.2, 0.25) is 0 Å². The van der Waals surface area contributed by atoms with E-state index in [0.29, 0.717) is 13.2 Å². The summed E-state index contributed by atoms with van der Waals surface area (Å²) < 4.78 is 5.38. The van der Waals surface area contributed by atoms with Crippen LogP contribution in [0.3, 0.4) is 0 Å².